The zero-order chi connectivity index (χ0) is 18.4. The molecule has 1 aliphatic heterocycles. The number of likely N-dealkylation sites (tertiary alicyclic amines) is 1. The van der Waals surface area contributed by atoms with Gasteiger partial charge in [-0.25, -0.2) is 18.7 Å². The van der Waals surface area contributed by atoms with Crippen LogP contribution in [-0.4, -0.2) is 46.5 Å². The van der Waals surface area contributed by atoms with E-state index in [0.29, 0.717) is 12.6 Å². The molecule has 0 unspecified atom stereocenters. The smallest absolute Gasteiger partial charge is 0.316 e. The first-order valence-corrected chi connectivity index (χ1v) is 8.51. The third-order valence-corrected chi connectivity index (χ3v) is 4.21. The Hall–Kier alpha value is -2.61. The van der Waals surface area contributed by atoms with E-state index in [1.807, 2.05) is 0 Å². The maximum Gasteiger partial charge on any atom is 0.316 e. The SMILES string of the molecule is O=C(CCN1CCC(Oc2ncccn2)CC1)Nc1ccc(F)c(F)c1. The van der Waals surface area contributed by atoms with Gasteiger partial charge in [0.1, 0.15) is 6.10 Å². The Morgan fingerprint density at radius 2 is 1.92 bits per heavy atom. The van der Waals surface area contributed by atoms with Gasteiger partial charge in [0.2, 0.25) is 5.91 Å². The van der Waals surface area contributed by atoms with Gasteiger partial charge < -0.3 is 15.0 Å². The van der Waals surface area contributed by atoms with E-state index in [1.165, 1.54) is 6.07 Å². The van der Waals surface area contributed by atoms with Gasteiger partial charge in [0.05, 0.1) is 0 Å². The summed E-state index contributed by atoms with van der Waals surface area (Å²) in [4.78, 5) is 22.2. The highest BCUT2D eigenvalue weighted by molar-refractivity contribution is 5.90. The molecule has 1 fully saturated rings. The maximum atomic E-state index is 13.1. The van der Waals surface area contributed by atoms with E-state index in [9.17, 15) is 13.6 Å². The Bertz CT molecular complexity index is 737. The van der Waals surface area contributed by atoms with Crippen molar-refractivity contribution in [2.45, 2.75) is 25.4 Å². The molecule has 0 bridgehead atoms. The molecule has 1 aliphatic rings. The highest BCUT2D eigenvalue weighted by atomic mass is 19.2. The third kappa shape index (κ3) is 5.19. The molecular weight excluding hydrogens is 342 g/mol. The highest BCUT2D eigenvalue weighted by Gasteiger charge is 2.21. The van der Waals surface area contributed by atoms with E-state index in [0.717, 1.165) is 38.1 Å². The molecule has 1 saturated heterocycles. The van der Waals surface area contributed by atoms with Gasteiger partial charge in [-0.1, -0.05) is 0 Å². The molecule has 0 spiro atoms. The summed E-state index contributed by atoms with van der Waals surface area (Å²) in [5.41, 5.74) is 0.254. The van der Waals surface area contributed by atoms with Crippen LogP contribution in [0.15, 0.2) is 36.7 Å². The van der Waals surface area contributed by atoms with E-state index in [-0.39, 0.29) is 24.1 Å². The van der Waals surface area contributed by atoms with E-state index >= 15 is 0 Å². The zero-order valence-corrected chi connectivity index (χ0v) is 14.2. The fourth-order valence-electron chi connectivity index (χ4n) is 2.80. The fraction of sp³-hybridized carbons (Fsp3) is 0.389. The molecule has 1 aromatic heterocycles. The van der Waals surface area contributed by atoms with Gasteiger partial charge in [-0.2, -0.15) is 0 Å². The highest BCUT2D eigenvalue weighted by Crippen LogP contribution is 2.16. The molecule has 8 heteroatoms. The van der Waals surface area contributed by atoms with Crippen LogP contribution in [0, 0.1) is 11.6 Å². The van der Waals surface area contributed by atoms with Crippen molar-refractivity contribution in [3.63, 3.8) is 0 Å². The normalized spacial score (nSPS) is 15.6. The van der Waals surface area contributed by atoms with Crippen LogP contribution in [0.3, 0.4) is 0 Å². The van der Waals surface area contributed by atoms with E-state index in [1.54, 1.807) is 18.5 Å². The van der Waals surface area contributed by atoms with Gasteiger partial charge in [0.15, 0.2) is 11.6 Å². The Balaban J connectivity index is 1.38. The molecular formula is C18H20F2N4O2. The number of hydrogen-bond acceptors (Lipinski definition) is 5. The molecule has 0 atom stereocenters. The number of rotatable bonds is 6. The lowest BCUT2D eigenvalue weighted by Crippen LogP contribution is -2.39. The van der Waals surface area contributed by atoms with Gasteiger partial charge in [-0.05, 0) is 31.0 Å². The predicted molar refractivity (Wildman–Crippen MR) is 91.7 cm³/mol. The largest absolute Gasteiger partial charge is 0.460 e. The molecule has 6 nitrogen and oxygen atoms in total. The fourth-order valence-corrected chi connectivity index (χ4v) is 2.80. The molecule has 1 amide bonds. The van der Waals surface area contributed by atoms with Crippen LogP contribution in [0.1, 0.15) is 19.3 Å². The first-order chi connectivity index (χ1) is 12.6. The van der Waals surface area contributed by atoms with Crippen molar-refractivity contribution in [1.29, 1.82) is 0 Å². The standard InChI is InChI=1S/C18H20F2N4O2/c19-15-3-2-13(12-16(15)20)23-17(25)6-11-24-9-4-14(5-10-24)26-18-21-7-1-8-22-18/h1-3,7-8,12,14H,4-6,9-11H2,(H,23,25). The maximum absolute atomic E-state index is 13.1. The Morgan fingerprint density at radius 1 is 1.19 bits per heavy atom. The number of piperidine rings is 1. The van der Waals surface area contributed by atoms with Crippen molar-refractivity contribution in [3.05, 3.63) is 48.3 Å². The molecule has 2 heterocycles. The quantitative estimate of drug-likeness (QED) is 0.856. The minimum absolute atomic E-state index is 0.0738. The molecule has 0 radical (unpaired) electrons. The average molecular weight is 362 g/mol. The minimum Gasteiger partial charge on any atom is -0.460 e. The van der Waals surface area contributed by atoms with Crippen LogP contribution in [0.2, 0.25) is 0 Å². The zero-order valence-electron chi connectivity index (χ0n) is 14.2. The Kier molecular flexibility index (Phi) is 6.06. The second-order valence-electron chi connectivity index (χ2n) is 6.12. The third-order valence-electron chi connectivity index (χ3n) is 4.21. The van der Waals surface area contributed by atoms with Crippen LogP contribution in [0.5, 0.6) is 6.01 Å². The number of hydrogen-bond donors (Lipinski definition) is 1. The molecule has 26 heavy (non-hydrogen) atoms. The lowest BCUT2D eigenvalue weighted by atomic mass is 10.1. The molecule has 0 saturated carbocycles. The van der Waals surface area contributed by atoms with Crippen LogP contribution in [0.25, 0.3) is 0 Å². The number of nitrogens with one attached hydrogen (secondary N) is 1. The summed E-state index contributed by atoms with van der Waals surface area (Å²) >= 11 is 0. The topological polar surface area (TPSA) is 67.4 Å². The number of nitrogens with zero attached hydrogens (tertiary/aromatic N) is 3. The second kappa shape index (κ2) is 8.66. The predicted octanol–water partition coefficient (Wildman–Crippen LogP) is 2.63. The Morgan fingerprint density at radius 3 is 2.62 bits per heavy atom. The summed E-state index contributed by atoms with van der Waals surface area (Å²) < 4.78 is 31.8. The molecule has 2 aromatic rings. The van der Waals surface area contributed by atoms with Crippen molar-refractivity contribution in [2.24, 2.45) is 0 Å². The number of benzene rings is 1. The van der Waals surface area contributed by atoms with Crippen molar-refractivity contribution in [3.8, 4) is 6.01 Å². The van der Waals surface area contributed by atoms with Crippen LogP contribution >= 0.6 is 0 Å². The van der Waals surface area contributed by atoms with Crippen molar-refractivity contribution in [1.82, 2.24) is 14.9 Å². The van der Waals surface area contributed by atoms with Crippen molar-refractivity contribution < 1.29 is 18.3 Å². The van der Waals surface area contributed by atoms with E-state index < -0.39 is 11.6 Å². The number of carbonyl (C=O) groups is 1. The van der Waals surface area contributed by atoms with Crippen LogP contribution < -0.4 is 10.1 Å². The number of amides is 1. The second-order valence-corrected chi connectivity index (χ2v) is 6.12. The summed E-state index contributed by atoms with van der Waals surface area (Å²) in [6.45, 7) is 2.23. The van der Waals surface area contributed by atoms with Gasteiger partial charge in [0.25, 0.3) is 0 Å². The minimum atomic E-state index is -0.979. The van der Waals surface area contributed by atoms with Gasteiger partial charge in [0, 0.05) is 50.2 Å². The molecule has 138 valence electrons. The number of halogens is 2. The average Bonchev–Trinajstić information content (AvgIpc) is 2.65. The van der Waals surface area contributed by atoms with E-state index in [4.69, 9.17) is 4.74 Å². The first kappa shape index (κ1) is 18.2. The lowest BCUT2D eigenvalue weighted by Gasteiger charge is -2.31. The summed E-state index contributed by atoms with van der Waals surface area (Å²) in [6, 6.07) is 5.43. The number of aromatic nitrogens is 2. The first-order valence-electron chi connectivity index (χ1n) is 8.51. The Labute approximate surface area is 150 Å². The number of carbonyl (C=O) groups excluding carboxylic acids is 1. The van der Waals surface area contributed by atoms with Gasteiger partial charge in [-0.15, -0.1) is 0 Å². The molecule has 1 aromatic carbocycles. The summed E-state index contributed by atoms with van der Waals surface area (Å²) in [7, 11) is 0. The monoisotopic (exact) mass is 362 g/mol. The van der Waals surface area contributed by atoms with Crippen LogP contribution in [0.4, 0.5) is 14.5 Å². The summed E-state index contributed by atoms with van der Waals surface area (Å²) in [5, 5.41) is 2.58. The summed E-state index contributed by atoms with van der Waals surface area (Å²) in [6.07, 6.45) is 5.31. The van der Waals surface area contributed by atoms with Crippen LogP contribution in [-0.2, 0) is 4.79 Å². The summed E-state index contributed by atoms with van der Waals surface area (Å²) in [5.74, 6) is -2.15. The van der Waals surface area contributed by atoms with Gasteiger partial charge >= 0.3 is 6.01 Å². The molecule has 3 rings (SSSR count). The number of ether oxygens (including phenoxy) is 1. The van der Waals surface area contributed by atoms with E-state index in [2.05, 4.69) is 20.2 Å². The van der Waals surface area contributed by atoms with Gasteiger partial charge in [-0.3, -0.25) is 4.79 Å². The number of anilines is 1. The molecule has 1 N–H and O–H groups in total. The van der Waals surface area contributed by atoms with Crippen molar-refractivity contribution in [2.75, 3.05) is 25.0 Å². The van der Waals surface area contributed by atoms with Crippen molar-refractivity contribution >= 4 is 11.6 Å². The molecule has 0 aliphatic carbocycles. The lowest BCUT2D eigenvalue weighted by molar-refractivity contribution is -0.116.